The lowest BCUT2D eigenvalue weighted by molar-refractivity contribution is -0.284. The van der Waals surface area contributed by atoms with Crippen molar-refractivity contribution in [1.29, 1.82) is 0 Å². The number of carbonyl (C=O) groups is 1. The Bertz CT molecular complexity index is 1210. The van der Waals surface area contributed by atoms with Crippen LogP contribution in [0, 0.1) is 22.7 Å². The number of alkyl halides is 5. The molecule has 6 unspecified atom stereocenters. The molecule has 1 aliphatic heterocycles. The number of hydrogen-bond acceptors (Lipinski definition) is 7. The maximum absolute atomic E-state index is 12.2. The van der Waals surface area contributed by atoms with Crippen LogP contribution >= 0.6 is 12.6 Å². The van der Waals surface area contributed by atoms with Crippen molar-refractivity contribution >= 4 is 18.8 Å². The SMILES string of the molecule is CCC(C)(C)CC.CN1CCC(OC(=O)Oc2ccc3c(c2)CCC2C3CCC3(C)C(OCCO)CCC23)C1.FC(F)(F)C(F)(F)CCCS. The molecule has 0 aromatic heterocycles. The van der Waals surface area contributed by atoms with Crippen LogP contribution in [-0.2, 0) is 15.9 Å². The van der Waals surface area contributed by atoms with Gasteiger partial charge in [-0.15, -0.1) is 0 Å². The molecule has 1 heterocycles. The molecule has 0 bridgehead atoms. The van der Waals surface area contributed by atoms with Crippen molar-refractivity contribution in [2.24, 2.45) is 22.7 Å². The van der Waals surface area contributed by atoms with Gasteiger partial charge in [-0.05, 0) is 116 Å². The molecule has 4 aliphatic rings. The summed E-state index contributed by atoms with van der Waals surface area (Å²) in [6.07, 6.45) is 3.15. The highest BCUT2D eigenvalue weighted by Gasteiger charge is 2.57. The summed E-state index contributed by atoms with van der Waals surface area (Å²) in [7, 11) is 2.03. The minimum absolute atomic E-state index is 0.0334. The van der Waals surface area contributed by atoms with Gasteiger partial charge in [0.15, 0.2) is 0 Å². The van der Waals surface area contributed by atoms with Crippen molar-refractivity contribution in [2.75, 3.05) is 39.1 Å². The van der Waals surface area contributed by atoms with Crippen molar-refractivity contribution in [3.05, 3.63) is 29.3 Å². The van der Waals surface area contributed by atoms with Crippen LogP contribution in [0.4, 0.5) is 26.7 Å². The summed E-state index contributed by atoms with van der Waals surface area (Å²) in [5.74, 6) is -1.96. The molecule has 1 saturated heterocycles. The standard InChI is InChI=1S/C26H37NO5.C7H16.C5H7F5S/c1-26-11-9-21-20-6-4-18(31-25(29)32-19-10-12-27(2)16-19)15-17(20)3-5-22(21)23(26)7-8-24(26)30-14-13-28;1-5-7(3,4)6-2;6-4(7,2-1-3-11)5(8,9)10/h4,6,15,19,21-24,28H,3,5,7-14,16H2,1-2H3;5-6H2,1-4H3;11H,1-3H2. The van der Waals surface area contributed by atoms with Gasteiger partial charge >= 0.3 is 18.3 Å². The number of ether oxygens (including phenoxy) is 3. The first-order valence-electron chi connectivity index (χ1n) is 18.4. The Labute approximate surface area is 301 Å². The van der Waals surface area contributed by atoms with Crippen molar-refractivity contribution in [3.8, 4) is 5.75 Å². The van der Waals surface area contributed by atoms with E-state index >= 15 is 0 Å². The molecular formula is C38H60F5NO5S. The van der Waals surface area contributed by atoms with E-state index in [1.165, 1.54) is 49.7 Å². The normalized spacial score (nSPS) is 27.9. The fraction of sp³-hybridized carbons (Fsp3) is 0.816. The zero-order valence-corrected chi connectivity index (χ0v) is 31.7. The molecule has 3 fully saturated rings. The average Bonchev–Trinajstić information content (AvgIpc) is 3.63. The minimum atomic E-state index is -5.42. The lowest BCUT2D eigenvalue weighted by Gasteiger charge is -2.50. The first kappa shape index (κ1) is 42.8. The monoisotopic (exact) mass is 737 g/mol. The summed E-state index contributed by atoms with van der Waals surface area (Å²) in [6, 6.07) is 6.19. The van der Waals surface area contributed by atoms with Gasteiger partial charge in [0.2, 0.25) is 0 Å². The van der Waals surface area contributed by atoms with Gasteiger partial charge in [-0.3, -0.25) is 0 Å². The minimum Gasteiger partial charge on any atom is -0.429 e. The second-order valence-corrected chi connectivity index (χ2v) is 16.0. The number of aryl methyl sites for hydroxylation is 1. The summed E-state index contributed by atoms with van der Waals surface area (Å²) >= 11 is 3.53. The van der Waals surface area contributed by atoms with Crippen LogP contribution in [0.3, 0.4) is 0 Å². The fourth-order valence-corrected chi connectivity index (χ4v) is 8.14. The molecule has 6 nitrogen and oxygen atoms in total. The van der Waals surface area contributed by atoms with E-state index in [0.29, 0.717) is 35.5 Å². The van der Waals surface area contributed by atoms with E-state index in [4.69, 9.17) is 14.2 Å². The summed E-state index contributed by atoms with van der Waals surface area (Å²) in [5, 5.41) is 9.20. The van der Waals surface area contributed by atoms with Gasteiger partial charge in [0.1, 0.15) is 11.9 Å². The molecule has 3 aliphatic carbocycles. The van der Waals surface area contributed by atoms with Crippen LogP contribution in [0.2, 0.25) is 0 Å². The molecule has 2 saturated carbocycles. The first-order valence-corrected chi connectivity index (χ1v) is 19.0. The Morgan fingerprint density at radius 2 is 1.76 bits per heavy atom. The lowest BCUT2D eigenvalue weighted by Crippen LogP contribution is -2.44. The number of benzene rings is 1. The van der Waals surface area contributed by atoms with Gasteiger partial charge in [0.25, 0.3) is 0 Å². The van der Waals surface area contributed by atoms with E-state index in [1.54, 1.807) is 0 Å². The molecular weight excluding hydrogens is 677 g/mol. The van der Waals surface area contributed by atoms with Crippen LogP contribution in [0.25, 0.3) is 0 Å². The summed E-state index contributed by atoms with van der Waals surface area (Å²) in [6.45, 7) is 13.8. The topological polar surface area (TPSA) is 68.2 Å². The maximum Gasteiger partial charge on any atom is 0.514 e. The second kappa shape index (κ2) is 18.4. The van der Waals surface area contributed by atoms with Crippen molar-refractivity contribution in [3.63, 3.8) is 0 Å². The Balaban J connectivity index is 0.000000311. The number of halogens is 5. The molecule has 0 spiro atoms. The molecule has 1 aromatic carbocycles. The molecule has 5 rings (SSSR count). The first-order chi connectivity index (χ1) is 23.4. The predicted octanol–water partition coefficient (Wildman–Crippen LogP) is 9.87. The smallest absolute Gasteiger partial charge is 0.429 e. The summed E-state index contributed by atoms with van der Waals surface area (Å²) in [4.78, 5) is 14.4. The number of likely N-dealkylation sites (N-methyl/N-ethyl adjacent to an activating group) is 1. The van der Waals surface area contributed by atoms with Crippen LogP contribution in [0.15, 0.2) is 18.2 Å². The quantitative estimate of drug-likeness (QED) is 0.108. The summed E-state index contributed by atoms with van der Waals surface area (Å²) < 4.78 is 75.1. The van der Waals surface area contributed by atoms with Gasteiger partial charge in [0.05, 0.1) is 19.3 Å². The zero-order valence-electron chi connectivity index (χ0n) is 30.8. The van der Waals surface area contributed by atoms with Crippen molar-refractivity contribution in [1.82, 2.24) is 4.90 Å². The number of rotatable bonds is 10. The van der Waals surface area contributed by atoms with Crippen LogP contribution in [0.1, 0.15) is 116 Å². The third kappa shape index (κ3) is 11.2. The molecule has 12 heteroatoms. The maximum atomic E-state index is 12.2. The van der Waals surface area contributed by atoms with E-state index in [9.17, 15) is 31.9 Å². The van der Waals surface area contributed by atoms with Gasteiger partial charge in [0, 0.05) is 19.5 Å². The van der Waals surface area contributed by atoms with Gasteiger partial charge < -0.3 is 24.2 Å². The Hall–Kier alpha value is -1.63. The zero-order chi connectivity index (χ0) is 37.3. The largest absolute Gasteiger partial charge is 0.514 e. The molecule has 0 amide bonds. The number of aliphatic hydroxyl groups excluding tert-OH is 1. The molecule has 288 valence electrons. The lowest BCUT2D eigenvalue weighted by atomic mass is 9.55. The Morgan fingerprint density at radius 1 is 1.06 bits per heavy atom. The van der Waals surface area contributed by atoms with E-state index in [2.05, 4.69) is 64.3 Å². The molecule has 1 aromatic rings. The number of fused-ring (bicyclic) bond motifs is 5. The molecule has 1 N–H and O–H groups in total. The summed E-state index contributed by atoms with van der Waals surface area (Å²) in [5.41, 5.74) is 3.59. The van der Waals surface area contributed by atoms with E-state index in [-0.39, 0.29) is 36.4 Å². The number of aliphatic hydroxyl groups is 1. The Morgan fingerprint density at radius 3 is 2.32 bits per heavy atom. The molecule has 50 heavy (non-hydrogen) atoms. The average molecular weight is 738 g/mol. The van der Waals surface area contributed by atoms with Crippen molar-refractivity contribution < 1.29 is 46.1 Å². The van der Waals surface area contributed by atoms with E-state index in [0.717, 1.165) is 32.4 Å². The molecule has 0 radical (unpaired) electrons. The van der Waals surface area contributed by atoms with Gasteiger partial charge in [-0.25, -0.2) is 4.79 Å². The number of carbonyl (C=O) groups excluding carboxylic acids is 1. The number of nitrogens with zero attached hydrogens (tertiary/aromatic N) is 1. The van der Waals surface area contributed by atoms with Crippen molar-refractivity contribution in [2.45, 2.75) is 135 Å². The third-order valence-corrected chi connectivity index (χ3v) is 12.1. The Kier molecular flexibility index (Phi) is 15.8. The van der Waals surface area contributed by atoms with Crippen LogP contribution in [0.5, 0.6) is 5.75 Å². The highest BCUT2D eigenvalue weighted by atomic mass is 32.1. The van der Waals surface area contributed by atoms with E-state index in [1.807, 2.05) is 13.1 Å². The second-order valence-electron chi connectivity index (χ2n) is 15.5. The van der Waals surface area contributed by atoms with Gasteiger partial charge in [-0.1, -0.05) is 53.5 Å². The molecule has 6 atom stereocenters. The van der Waals surface area contributed by atoms with Crippen LogP contribution < -0.4 is 4.74 Å². The third-order valence-electron chi connectivity index (χ3n) is 11.8. The number of thiol groups is 1. The number of hydrogen-bond donors (Lipinski definition) is 2. The predicted molar refractivity (Wildman–Crippen MR) is 189 cm³/mol. The fourth-order valence-electron chi connectivity index (χ4n) is 7.98. The van der Waals surface area contributed by atoms with E-state index < -0.39 is 24.7 Å². The highest BCUT2D eigenvalue weighted by molar-refractivity contribution is 7.80. The van der Waals surface area contributed by atoms with Gasteiger partial charge in [-0.2, -0.15) is 34.6 Å². The number of likely N-dealkylation sites (tertiary alicyclic amines) is 1. The highest BCUT2D eigenvalue weighted by Crippen LogP contribution is 2.61. The van der Waals surface area contributed by atoms with Crippen LogP contribution in [-0.4, -0.2) is 79.6 Å².